The normalized spacial score (nSPS) is 12.5. The van der Waals surface area contributed by atoms with Crippen LogP contribution in [0.2, 0.25) is 5.02 Å². The van der Waals surface area contributed by atoms with Gasteiger partial charge in [-0.1, -0.05) is 31.5 Å². The summed E-state index contributed by atoms with van der Waals surface area (Å²) >= 11 is 5.98. The number of carboxylic acids is 1. The van der Waals surface area contributed by atoms with E-state index in [-0.39, 0.29) is 18.5 Å². The Hall–Kier alpha value is -1.26. The van der Waals surface area contributed by atoms with E-state index in [2.05, 4.69) is 0 Å². The van der Waals surface area contributed by atoms with Gasteiger partial charge < -0.3 is 14.7 Å². The SMILES string of the molecule is COCC(C(C)C)N(CC(=O)O)c1cccc(Cl)c1. The van der Waals surface area contributed by atoms with Crippen LogP contribution in [0.4, 0.5) is 5.69 Å². The van der Waals surface area contributed by atoms with Crippen molar-refractivity contribution in [2.24, 2.45) is 5.92 Å². The number of nitrogens with zero attached hydrogens (tertiary/aromatic N) is 1. The summed E-state index contributed by atoms with van der Waals surface area (Å²) in [6.07, 6.45) is 0. The minimum Gasteiger partial charge on any atom is -0.480 e. The number of ether oxygens (including phenoxy) is 1. The smallest absolute Gasteiger partial charge is 0.323 e. The molecule has 0 spiro atoms. The van der Waals surface area contributed by atoms with Crippen molar-refractivity contribution in [1.82, 2.24) is 0 Å². The van der Waals surface area contributed by atoms with E-state index in [0.29, 0.717) is 11.6 Å². The zero-order valence-electron chi connectivity index (χ0n) is 11.5. The lowest BCUT2D eigenvalue weighted by Gasteiger charge is -2.34. The molecule has 1 rings (SSSR count). The van der Waals surface area contributed by atoms with Crippen molar-refractivity contribution in [3.63, 3.8) is 0 Å². The van der Waals surface area contributed by atoms with Crippen LogP contribution in [0.3, 0.4) is 0 Å². The van der Waals surface area contributed by atoms with Crippen LogP contribution in [0.5, 0.6) is 0 Å². The van der Waals surface area contributed by atoms with Gasteiger partial charge in [-0.05, 0) is 24.1 Å². The number of anilines is 1. The molecule has 0 fully saturated rings. The molecule has 1 N–H and O–H groups in total. The molecule has 0 aliphatic carbocycles. The molecule has 0 aliphatic heterocycles. The second kappa shape index (κ2) is 7.36. The minimum absolute atomic E-state index is 0.0143. The lowest BCUT2D eigenvalue weighted by Crippen LogP contribution is -2.45. The standard InChI is InChI=1S/C14H20ClNO3/c1-10(2)13(9-19-3)16(8-14(17)18)12-6-4-5-11(15)7-12/h4-7,10,13H,8-9H2,1-3H3,(H,17,18). The third-order valence-electron chi connectivity index (χ3n) is 2.95. The molecule has 0 bridgehead atoms. The Labute approximate surface area is 118 Å². The van der Waals surface area contributed by atoms with Crippen LogP contribution in [-0.2, 0) is 9.53 Å². The number of hydrogen-bond donors (Lipinski definition) is 1. The fourth-order valence-electron chi connectivity index (χ4n) is 2.01. The maximum Gasteiger partial charge on any atom is 0.323 e. The topological polar surface area (TPSA) is 49.8 Å². The summed E-state index contributed by atoms with van der Waals surface area (Å²) in [5.41, 5.74) is 0.797. The van der Waals surface area contributed by atoms with Crippen LogP contribution >= 0.6 is 11.6 Å². The monoisotopic (exact) mass is 285 g/mol. The second-order valence-corrected chi connectivity index (χ2v) is 5.20. The molecule has 0 saturated heterocycles. The summed E-state index contributed by atoms with van der Waals surface area (Å²) < 4.78 is 5.21. The number of benzene rings is 1. The van der Waals surface area contributed by atoms with Crippen molar-refractivity contribution in [2.45, 2.75) is 19.9 Å². The van der Waals surface area contributed by atoms with Crippen LogP contribution < -0.4 is 4.90 Å². The highest BCUT2D eigenvalue weighted by molar-refractivity contribution is 6.30. The van der Waals surface area contributed by atoms with Gasteiger partial charge in [0.2, 0.25) is 0 Å². The Morgan fingerprint density at radius 3 is 2.63 bits per heavy atom. The molecule has 4 nitrogen and oxygen atoms in total. The van der Waals surface area contributed by atoms with Crippen LogP contribution in [0.25, 0.3) is 0 Å². The zero-order valence-corrected chi connectivity index (χ0v) is 12.2. The van der Waals surface area contributed by atoms with Crippen LogP contribution in [0, 0.1) is 5.92 Å². The first-order chi connectivity index (χ1) is 8.95. The Balaban J connectivity index is 3.08. The first-order valence-corrected chi connectivity index (χ1v) is 6.56. The largest absolute Gasteiger partial charge is 0.480 e. The van der Waals surface area contributed by atoms with Crippen molar-refractivity contribution in [1.29, 1.82) is 0 Å². The van der Waals surface area contributed by atoms with Crippen molar-refractivity contribution in [3.05, 3.63) is 29.3 Å². The van der Waals surface area contributed by atoms with E-state index in [4.69, 9.17) is 21.4 Å². The van der Waals surface area contributed by atoms with E-state index in [1.54, 1.807) is 19.2 Å². The summed E-state index contributed by atoms with van der Waals surface area (Å²) in [5, 5.41) is 9.69. The minimum atomic E-state index is -0.873. The van der Waals surface area contributed by atoms with E-state index < -0.39 is 5.97 Å². The van der Waals surface area contributed by atoms with Gasteiger partial charge in [0.05, 0.1) is 12.6 Å². The molecular formula is C14H20ClNO3. The molecule has 0 aromatic heterocycles. The molecular weight excluding hydrogens is 266 g/mol. The first-order valence-electron chi connectivity index (χ1n) is 6.18. The maximum atomic E-state index is 11.1. The first kappa shape index (κ1) is 15.8. The molecule has 1 aromatic carbocycles. The predicted molar refractivity (Wildman–Crippen MR) is 76.9 cm³/mol. The Morgan fingerprint density at radius 2 is 2.16 bits per heavy atom. The van der Waals surface area contributed by atoms with Gasteiger partial charge in [-0.25, -0.2) is 0 Å². The second-order valence-electron chi connectivity index (χ2n) is 4.77. The molecule has 0 radical (unpaired) electrons. The Kier molecular flexibility index (Phi) is 6.12. The number of rotatable bonds is 7. The van der Waals surface area contributed by atoms with Gasteiger partial charge in [-0.3, -0.25) is 4.79 Å². The number of hydrogen-bond acceptors (Lipinski definition) is 3. The Bertz CT molecular complexity index is 423. The van der Waals surface area contributed by atoms with Crippen molar-refractivity contribution in [3.8, 4) is 0 Å². The summed E-state index contributed by atoms with van der Waals surface area (Å²) in [7, 11) is 1.62. The molecule has 0 aliphatic rings. The van der Waals surface area contributed by atoms with E-state index in [0.717, 1.165) is 5.69 Å². The summed E-state index contributed by atoms with van der Waals surface area (Å²) in [5.74, 6) is -0.611. The van der Waals surface area contributed by atoms with Crippen molar-refractivity contribution < 1.29 is 14.6 Å². The van der Waals surface area contributed by atoms with E-state index >= 15 is 0 Å². The molecule has 19 heavy (non-hydrogen) atoms. The lowest BCUT2D eigenvalue weighted by atomic mass is 10.0. The van der Waals surface area contributed by atoms with Gasteiger partial charge in [-0.15, -0.1) is 0 Å². The summed E-state index contributed by atoms with van der Waals surface area (Å²) in [6, 6.07) is 7.20. The molecule has 5 heteroatoms. The van der Waals surface area contributed by atoms with Gasteiger partial charge >= 0.3 is 5.97 Å². The molecule has 1 aromatic rings. The highest BCUT2D eigenvalue weighted by atomic mass is 35.5. The fraction of sp³-hybridized carbons (Fsp3) is 0.500. The van der Waals surface area contributed by atoms with Crippen LogP contribution in [0.1, 0.15) is 13.8 Å². The van der Waals surface area contributed by atoms with Crippen LogP contribution in [-0.4, -0.2) is 37.4 Å². The van der Waals surface area contributed by atoms with Gasteiger partial charge in [0, 0.05) is 17.8 Å². The summed E-state index contributed by atoms with van der Waals surface area (Å²) in [4.78, 5) is 12.9. The Morgan fingerprint density at radius 1 is 1.47 bits per heavy atom. The van der Waals surface area contributed by atoms with Crippen LogP contribution in [0.15, 0.2) is 24.3 Å². The molecule has 0 heterocycles. The predicted octanol–water partition coefficient (Wildman–Crippen LogP) is 2.90. The number of carbonyl (C=O) groups is 1. The van der Waals surface area contributed by atoms with Gasteiger partial charge in [0.1, 0.15) is 6.54 Å². The molecule has 0 amide bonds. The van der Waals surface area contributed by atoms with E-state index in [9.17, 15) is 4.79 Å². The quantitative estimate of drug-likeness (QED) is 0.837. The molecule has 1 unspecified atom stereocenters. The zero-order chi connectivity index (χ0) is 14.4. The maximum absolute atomic E-state index is 11.1. The molecule has 1 atom stereocenters. The van der Waals surface area contributed by atoms with Gasteiger partial charge in [-0.2, -0.15) is 0 Å². The lowest BCUT2D eigenvalue weighted by molar-refractivity contribution is -0.135. The van der Waals surface area contributed by atoms with Crippen molar-refractivity contribution >= 4 is 23.3 Å². The van der Waals surface area contributed by atoms with Crippen molar-refractivity contribution in [2.75, 3.05) is 25.2 Å². The highest BCUT2D eigenvalue weighted by Gasteiger charge is 2.24. The highest BCUT2D eigenvalue weighted by Crippen LogP contribution is 2.24. The van der Waals surface area contributed by atoms with Gasteiger partial charge in [0.25, 0.3) is 0 Å². The van der Waals surface area contributed by atoms with E-state index in [1.165, 1.54) is 0 Å². The summed E-state index contributed by atoms with van der Waals surface area (Å²) in [6.45, 7) is 4.48. The third-order valence-corrected chi connectivity index (χ3v) is 3.19. The fourth-order valence-corrected chi connectivity index (χ4v) is 2.20. The van der Waals surface area contributed by atoms with Gasteiger partial charge in [0.15, 0.2) is 0 Å². The number of methoxy groups -OCH3 is 1. The molecule has 106 valence electrons. The van der Waals surface area contributed by atoms with E-state index in [1.807, 2.05) is 30.9 Å². The third kappa shape index (κ3) is 4.73. The number of aliphatic carboxylic acids is 1. The number of halogens is 1. The average molecular weight is 286 g/mol. The average Bonchev–Trinajstić information content (AvgIpc) is 2.33. The molecule has 0 saturated carbocycles. The number of carboxylic acid groups (broad SMARTS) is 1.